The van der Waals surface area contributed by atoms with Gasteiger partial charge in [-0.05, 0) is 24.1 Å². The molecular weight excluding hydrogens is 229 g/mol. The van der Waals surface area contributed by atoms with E-state index >= 15 is 0 Å². The highest BCUT2D eigenvalue weighted by atomic mass is 19.4. The molecule has 0 radical (unpaired) electrons. The SMILES string of the molecule is CCc1[nH]c2cccc(C(F)(F)F)c2c1CN. The van der Waals surface area contributed by atoms with Crippen molar-refractivity contribution in [3.05, 3.63) is 35.0 Å². The number of hydrogen-bond donors (Lipinski definition) is 2. The largest absolute Gasteiger partial charge is 0.417 e. The van der Waals surface area contributed by atoms with Crippen LogP contribution in [0.15, 0.2) is 18.2 Å². The summed E-state index contributed by atoms with van der Waals surface area (Å²) in [5.74, 6) is 0. The second-order valence-corrected chi connectivity index (χ2v) is 3.87. The van der Waals surface area contributed by atoms with Gasteiger partial charge in [0, 0.05) is 23.1 Å². The van der Waals surface area contributed by atoms with Crippen molar-refractivity contribution in [3.8, 4) is 0 Å². The van der Waals surface area contributed by atoms with E-state index in [0.717, 1.165) is 11.8 Å². The van der Waals surface area contributed by atoms with Crippen molar-refractivity contribution in [2.75, 3.05) is 0 Å². The van der Waals surface area contributed by atoms with Gasteiger partial charge in [0.1, 0.15) is 0 Å². The molecule has 5 heteroatoms. The number of fused-ring (bicyclic) bond motifs is 1. The highest BCUT2D eigenvalue weighted by Crippen LogP contribution is 2.37. The average molecular weight is 242 g/mol. The highest BCUT2D eigenvalue weighted by Gasteiger charge is 2.33. The zero-order valence-electron chi connectivity index (χ0n) is 9.36. The third kappa shape index (κ3) is 1.91. The third-order valence-corrected chi connectivity index (χ3v) is 2.88. The fraction of sp³-hybridized carbons (Fsp3) is 0.333. The molecular formula is C12H13F3N2. The Labute approximate surface area is 96.6 Å². The number of hydrogen-bond acceptors (Lipinski definition) is 1. The van der Waals surface area contributed by atoms with Gasteiger partial charge in [-0.3, -0.25) is 0 Å². The second kappa shape index (κ2) is 4.07. The molecule has 1 aromatic carbocycles. The smallest absolute Gasteiger partial charge is 0.358 e. The van der Waals surface area contributed by atoms with Crippen LogP contribution >= 0.6 is 0 Å². The fourth-order valence-electron chi connectivity index (χ4n) is 2.13. The van der Waals surface area contributed by atoms with Crippen molar-refractivity contribution in [1.82, 2.24) is 4.98 Å². The van der Waals surface area contributed by atoms with E-state index in [9.17, 15) is 13.2 Å². The van der Waals surface area contributed by atoms with Crippen LogP contribution in [0.1, 0.15) is 23.7 Å². The van der Waals surface area contributed by atoms with Gasteiger partial charge in [-0.25, -0.2) is 0 Å². The third-order valence-electron chi connectivity index (χ3n) is 2.88. The van der Waals surface area contributed by atoms with Crippen LogP contribution in [0.2, 0.25) is 0 Å². The lowest BCUT2D eigenvalue weighted by Crippen LogP contribution is -2.07. The molecule has 0 aliphatic heterocycles. The maximum absolute atomic E-state index is 12.9. The molecule has 0 atom stereocenters. The monoisotopic (exact) mass is 242 g/mol. The number of alkyl halides is 3. The minimum absolute atomic E-state index is 0.107. The fourth-order valence-corrected chi connectivity index (χ4v) is 2.13. The van der Waals surface area contributed by atoms with Crippen molar-refractivity contribution in [2.45, 2.75) is 26.1 Å². The number of aromatic nitrogens is 1. The summed E-state index contributed by atoms with van der Waals surface area (Å²) in [6.45, 7) is 1.99. The van der Waals surface area contributed by atoms with Gasteiger partial charge < -0.3 is 10.7 Å². The first-order valence-electron chi connectivity index (χ1n) is 5.38. The van der Waals surface area contributed by atoms with Crippen LogP contribution in [-0.4, -0.2) is 4.98 Å². The molecule has 1 heterocycles. The molecule has 0 aliphatic carbocycles. The van der Waals surface area contributed by atoms with Crippen molar-refractivity contribution in [2.24, 2.45) is 5.73 Å². The summed E-state index contributed by atoms with van der Waals surface area (Å²) in [5, 5.41) is 0.208. The minimum Gasteiger partial charge on any atom is -0.358 e. The van der Waals surface area contributed by atoms with Gasteiger partial charge in [-0.2, -0.15) is 13.2 Å². The van der Waals surface area contributed by atoms with Crippen molar-refractivity contribution in [1.29, 1.82) is 0 Å². The Kier molecular flexibility index (Phi) is 2.87. The summed E-state index contributed by atoms with van der Waals surface area (Å²) in [7, 11) is 0. The van der Waals surface area contributed by atoms with Crippen LogP contribution in [0.4, 0.5) is 13.2 Å². The number of H-pyrrole nitrogens is 1. The van der Waals surface area contributed by atoms with Gasteiger partial charge in [-0.15, -0.1) is 0 Å². The van der Waals surface area contributed by atoms with E-state index in [-0.39, 0.29) is 11.9 Å². The van der Waals surface area contributed by atoms with Gasteiger partial charge in [0.15, 0.2) is 0 Å². The van der Waals surface area contributed by atoms with Gasteiger partial charge >= 0.3 is 6.18 Å². The maximum atomic E-state index is 12.9. The topological polar surface area (TPSA) is 41.8 Å². The number of benzene rings is 1. The molecule has 0 spiro atoms. The molecule has 0 fully saturated rings. The average Bonchev–Trinajstić information content (AvgIpc) is 2.64. The summed E-state index contributed by atoms with van der Waals surface area (Å²) in [6, 6.07) is 4.14. The predicted octanol–water partition coefficient (Wildman–Crippen LogP) is 3.21. The van der Waals surface area contributed by atoms with Crippen LogP contribution in [0.3, 0.4) is 0 Å². The van der Waals surface area contributed by atoms with E-state index in [4.69, 9.17) is 5.73 Å². The molecule has 2 nitrogen and oxygen atoms in total. The Morgan fingerprint density at radius 3 is 2.53 bits per heavy atom. The van der Waals surface area contributed by atoms with Crippen LogP contribution in [0.5, 0.6) is 0 Å². The van der Waals surface area contributed by atoms with E-state index in [0.29, 0.717) is 17.5 Å². The van der Waals surface area contributed by atoms with Crippen LogP contribution in [0.25, 0.3) is 10.9 Å². The number of rotatable bonds is 2. The molecule has 0 bridgehead atoms. The molecule has 2 aromatic rings. The van der Waals surface area contributed by atoms with E-state index in [1.807, 2.05) is 6.92 Å². The van der Waals surface area contributed by atoms with E-state index < -0.39 is 11.7 Å². The van der Waals surface area contributed by atoms with Crippen molar-refractivity contribution in [3.63, 3.8) is 0 Å². The molecule has 0 unspecified atom stereocenters. The molecule has 0 amide bonds. The highest BCUT2D eigenvalue weighted by molar-refractivity contribution is 5.88. The van der Waals surface area contributed by atoms with Gasteiger partial charge in [0.05, 0.1) is 5.56 Å². The van der Waals surface area contributed by atoms with Crippen LogP contribution < -0.4 is 5.73 Å². The Morgan fingerprint density at radius 2 is 2.00 bits per heavy atom. The Bertz CT molecular complexity index is 540. The first-order chi connectivity index (χ1) is 7.99. The molecule has 3 N–H and O–H groups in total. The van der Waals surface area contributed by atoms with E-state index in [1.54, 1.807) is 6.07 Å². The van der Waals surface area contributed by atoms with Gasteiger partial charge in [-0.1, -0.05) is 13.0 Å². The molecule has 17 heavy (non-hydrogen) atoms. The Balaban J connectivity index is 2.82. The Morgan fingerprint density at radius 1 is 1.29 bits per heavy atom. The summed E-state index contributed by atoms with van der Waals surface area (Å²) >= 11 is 0. The zero-order chi connectivity index (χ0) is 12.6. The van der Waals surface area contributed by atoms with Crippen LogP contribution in [0, 0.1) is 0 Å². The van der Waals surface area contributed by atoms with Gasteiger partial charge in [0.25, 0.3) is 0 Å². The van der Waals surface area contributed by atoms with Crippen LogP contribution in [-0.2, 0) is 19.1 Å². The summed E-state index contributed by atoms with van der Waals surface area (Å²) < 4.78 is 38.7. The summed E-state index contributed by atoms with van der Waals surface area (Å²) in [5.41, 5.74) is 6.78. The number of nitrogens with one attached hydrogen (secondary N) is 1. The first-order valence-corrected chi connectivity index (χ1v) is 5.38. The van der Waals surface area contributed by atoms with E-state index in [1.165, 1.54) is 6.07 Å². The first kappa shape index (κ1) is 12.0. The summed E-state index contributed by atoms with van der Waals surface area (Å²) in [6.07, 6.45) is -3.71. The quantitative estimate of drug-likeness (QED) is 0.834. The number of halogens is 3. The lowest BCUT2D eigenvalue weighted by atomic mass is 10.0. The zero-order valence-corrected chi connectivity index (χ0v) is 9.36. The standard InChI is InChI=1S/C12H13F3N2/c1-2-9-7(6-16)11-8(12(13,14)15)4-3-5-10(11)17-9/h3-5,17H,2,6,16H2,1H3. The predicted molar refractivity (Wildman–Crippen MR) is 60.6 cm³/mol. The van der Waals surface area contributed by atoms with Crippen molar-refractivity contribution < 1.29 is 13.2 Å². The van der Waals surface area contributed by atoms with Gasteiger partial charge in [0.2, 0.25) is 0 Å². The number of aromatic amines is 1. The molecule has 0 saturated carbocycles. The molecule has 0 saturated heterocycles. The summed E-state index contributed by atoms with van der Waals surface area (Å²) in [4.78, 5) is 3.00. The van der Waals surface area contributed by atoms with Crippen molar-refractivity contribution >= 4 is 10.9 Å². The normalized spacial score (nSPS) is 12.3. The van der Waals surface area contributed by atoms with E-state index in [2.05, 4.69) is 4.98 Å². The molecule has 1 aromatic heterocycles. The number of nitrogens with two attached hydrogens (primary N) is 1. The molecule has 0 aliphatic rings. The second-order valence-electron chi connectivity index (χ2n) is 3.87. The Hall–Kier alpha value is -1.49. The molecule has 2 rings (SSSR count). The lowest BCUT2D eigenvalue weighted by molar-refractivity contribution is -0.136. The minimum atomic E-state index is -4.35. The lowest BCUT2D eigenvalue weighted by Gasteiger charge is -2.09. The number of aryl methyl sites for hydroxylation is 1. The molecule has 92 valence electrons. The maximum Gasteiger partial charge on any atom is 0.417 e.